The van der Waals surface area contributed by atoms with E-state index in [1.165, 1.54) is 41.3 Å². The van der Waals surface area contributed by atoms with Crippen LogP contribution >= 0.6 is 0 Å². The van der Waals surface area contributed by atoms with Gasteiger partial charge in [0.1, 0.15) is 23.4 Å². The molecule has 0 atom stereocenters. The molecule has 1 aliphatic heterocycles. The highest BCUT2D eigenvalue weighted by atomic mass is 16.7. The summed E-state index contributed by atoms with van der Waals surface area (Å²) in [6, 6.07) is 10.2. The van der Waals surface area contributed by atoms with Crippen LogP contribution in [0.3, 0.4) is 0 Å². The van der Waals surface area contributed by atoms with Crippen LogP contribution in [0.2, 0.25) is 0 Å². The van der Waals surface area contributed by atoms with Gasteiger partial charge in [0.15, 0.2) is 5.82 Å². The molecule has 1 aliphatic carbocycles. The molecular weight excluding hydrogens is 594 g/mol. The molecule has 0 unspecified atom stereocenters. The second-order valence-corrected chi connectivity index (χ2v) is 10.7. The van der Waals surface area contributed by atoms with Crippen LogP contribution in [0, 0.1) is 13.8 Å². The number of aryl methyl sites for hydroxylation is 2. The van der Waals surface area contributed by atoms with E-state index in [0.717, 1.165) is 10.5 Å². The smallest absolute Gasteiger partial charge is 0.419 e. The summed E-state index contributed by atoms with van der Waals surface area (Å²) >= 11 is 0. The average molecular weight is 624 g/mol. The van der Waals surface area contributed by atoms with Crippen LogP contribution in [0.25, 0.3) is 5.52 Å². The summed E-state index contributed by atoms with van der Waals surface area (Å²) < 4.78 is 11.7. The van der Waals surface area contributed by atoms with Crippen LogP contribution in [-0.2, 0) is 9.47 Å². The van der Waals surface area contributed by atoms with Gasteiger partial charge in [-0.05, 0) is 80.3 Å². The van der Waals surface area contributed by atoms with Crippen LogP contribution in [0.1, 0.15) is 55.0 Å². The van der Waals surface area contributed by atoms with E-state index in [1.807, 2.05) is 19.1 Å². The van der Waals surface area contributed by atoms with Gasteiger partial charge in [0.2, 0.25) is 6.79 Å². The van der Waals surface area contributed by atoms with Crippen LogP contribution in [-0.4, -0.2) is 73.7 Å². The molecule has 46 heavy (non-hydrogen) atoms. The van der Waals surface area contributed by atoms with Gasteiger partial charge >= 0.3 is 12.1 Å². The number of imide groups is 1. The lowest BCUT2D eigenvalue weighted by molar-refractivity contribution is -0.0110. The average Bonchev–Trinajstić information content (AvgIpc) is 3.62. The largest absolute Gasteiger partial charge is 0.508 e. The molecule has 4 aromatic rings. The Balaban J connectivity index is 1.19. The fraction of sp³-hybridized carbons (Fsp3) is 0.219. The van der Waals surface area contributed by atoms with Crippen LogP contribution in [0.15, 0.2) is 72.1 Å². The Morgan fingerprint density at radius 2 is 1.80 bits per heavy atom. The van der Waals surface area contributed by atoms with E-state index < -0.39 is 24.8 Å². The normalized spacial score (nSPS) is 13.7. The monoisotopic (exact) mass is 623 g/mol. The predicted molar refractivity (Wildman–Crippen MR) is 165 cm³/mol. The van der Waals surface area contributed by atoms with E-state index in [2.05, 4.69) is 25.7 Å². The summed E-state index contributed by atoms with van der Waals surface area (Å²) in [5, 5.41) is 19.7. The van der Waals surface area contributed by atoms with Crippen molar-refractivity contribution in [3.63, 3.8) is 0 Å². The summed E-state index contributed by atoms with van der Waals surface area (Å²) in [6.07, 6.45) is 6.71. The first-order valence-electron chi connectivity index (χ1n) is 14.4. The second-order valence-electron chi connectivity index (χ2n) is 10.7. The predicted octanol–water partition coefficient (Wildman–Crippen LogP) is 4.05. The standard InChI is InChI=1S/C32H29N7O7/c1-18-5-6-21(29(41)37-26-4-3-13-33-26)14-25(18)36-28-27-19(2)24(15-38(27)35-16-34-28)30(42)39(22-9-10-22)32(44)46-17-45-31(43)20-7-11-23(40)12-8-20/h3-8,11-12,14-16,22,40H,9-10,13,17H2,1-2H3,(H,33,37,41)(H,34,35,36). The lowest BCUT2D eigenvalue weighted by Gasteiger charge is -2.19. The summed E-state index contributed by atoms with van der Waals surface area (Å²) in [7, 11) is 0. The highest BCUT2D eigenvalue weighted by molar-refractivity contribution is 6.11. The Morgan fingerprint density at radius 1 is 1.04 bits per heavy atom. The number of hydrogen-bond acceptors (Lipinski definition) is 11. The Labute approximate surface area is 262 Å². The van der Waals surface area contributed by atoms with Crippen molar-refractivity contribution >= 4 is 46.7 Å². The lowest BCUT2D eigenvalue weighted by Crippen LogP contribution is -2.39. The maximum atomic E-state index is 13.7. The first-order valence-corrected chi connectivity index (χ1v) is 14.4. The highest BCUT2D eigenvalue weighted by Gasteiger charge is 2.40. The Bertz CT molecular complexity index is 1930. The summed E-state index contributed by atoms with van der Waals surface area (Å²) in [6.45, 7) is 3.43. The molecule has 3 N–H and O–H groups in total. The SMILES string of the molecule is Cc1ccc(C(=O)NC2=NCC=C2)cc1Nc1ncnn2cc(C(=O)N(C(=O)OCOC(=O)c3ccc(O)cc3)C3CC3)c(C)c12. The van der Waals surface area contributed by atoms with E-state index in [1.54, 1.807) is 25.1 Å². The van der Waals surface area contributed by atoms with Crippen molar-refractivity contribution in [1.29, 1.82) is 0 Å². The van der Waals surface area contributed by atoms with E-state index in [0.29, 0.717) is 53.4 Å². The molecule has 2 aromatic carbocycles. The first kappa shape index (κ1) is 30.0. The van der Waals surface area contributed by atoms with Crippen molar-refractivity contribution in [2.75, 3.05) is 18.7 Å². The minimum Gasteiger partial charge on any atom is -0.508 e. The molecular formula is C32H29N7O7. The third-order valence-corrected chi connectivity index (χ3v) is 7.50. The van der Waals surface area contributed by atoms with E-state index in [4.69, 9.17) is 9.47 Å². The zero-order valence-corrected chi connectivity index (χ0v) is 24.9. The molecule has 0 saturated heterocycles. The Morgan fingerprint density at radius 3 is 2.52 bits per heavy atom. The molecule has 3 amide bonds. The molecule has 1 fully saturated rings. The highest BCUT2D eigenvalue weighted by Crippen LogP contribution is 2.32. The molecule has 14 heteroatoms. The number of amidine groups is 1. The zero-order valence-electron chi connectivity index (χ0n) is 24.9. The second kappa shape index (κ2) is 12.5. The molecule has 2 aromatic heterocycles. The van der Waals surface area contributed by atoms with Crippen molar-refractivity contribution in [2.45, 2.75) is 32.7 Å². The van der Waals surface area contributed by atoms with Gasteiger partial charge in [-0.1, -0.05) is 12.1 Å². The van der Waals surface area contributed by atoms with Gasteiger partial charge in [-0.3, -0.25) is 14.6 Å². The molecule has 0 radical (unpaired) electrons. The van der Waals surface area contributed by atoms with Gasteiger partial charge in [-0.25, -0.2) is 24.0 Å². The van der Waals surface area contributed by atoms with Crippen molar-refractivity contribution < 1.29 is 33.8 Å². The van der Waals surface area contributed by atoms with Crippen molar-refractivity contribution in [1.82, 2.24) is 24.8 Å². The molecule has 3 heterocycles. The fourth-order valence-corrected chi connectivity index (χ4v) is 4.87. The molecule has 1 saturated carbocycles. The number of carbonyl (C=O) groups excluding carboxylic acids is 4. The van der Waals surface area contributed by atoms with Gasteiger partial charge < -0.3 is 25.2 Å². The number of benzene rings is 2. The first-order chi connectivity index (χ1) is 22.2. The zero-order chi connectivity index (χ0) is 32.4. The van der Waals surface area contributed by atoms with Gasteiger partial charge in [-0.2, -0.15) is 5.10 Å². The molecule has 234 valence electrons. The van der Waals surface area contributed by atoms with Crippen LogP contribution < -0.4 is 10.6 Å². The van der Waals surface area contributed by atoms with Gasteiger partial charge in [0, 0.05) is 23.5 Å². The fourth-order valence-electron chi connectivity index (χ4n) is 4.87. The number of aromatic nitrogens is 3. The number of nitrogens with zero attached hydrogens (tertiary/aromatic N) is 5. The van der Waals surface area contributed by atoms with E-state index in [9.17, 15) is 24.3 Å². The van der Waals surface area contributed by atoms with Gasteiger partial charge in [-0.15, -0.1) is 0 Å². The van der Waals surface area contributed by atoms with Gasteiger partial charge in [0.25, 0.3) is 11.8 Å². The lowest BCUT2D eigenvalue weighted by atomic mass is 10.1. The van der Waals surface area contributed by atoms with Crippen molar-refractivity contribution in [3.8, 4) is 5.75 Å². The molecule has 2 aliphatic rings. The number of ether oxygens (including phenoxy) is 2. The summed E-state index contributed by atoms with van der Waals surface area (Å²) in [5.41, 5.74) is 3.27. The number of phenolic OH excluding ortho intramolecular Hbond substituents is 1. The quantitative estimate of drug-likeness (QED) is 0.192. The minimum atomic E-state index is -0.949. The number of aromatic hydroxyl groups is 1. The van der Waals surface area contributed by atoms with E-state index >= 15 is 0 Å². The topological polar surface area (TPSA) is 177 Å². The number of aliphatic imine (C=N–C) groups is 1. The van der Waals surface area contributed by atoms with Crippen LogP contribution in [0.4, 0.5) is 16.3 Å². The minimum absolute atomic E-state index is 0.0126. The number of fused-ring (bicyclic) bond motifs is 1. The summed E-state index contributed by atoms with van der Waals surface area (Å²) in [5.74, 6) is -0.789. The molecule has 0 spiro atoms. The number of amides is 3. The Hall–Kier alpha value is -6.05. The number of esters is 1. The Kier molecular flexibility index (Phi) is 8.16. The maximum Gasteiger partial charge on any atom is 0.419 e. The third kappa shape index (κ3) is 6.26. The number of carbonyl (C=O) groups is 4. The number of anilines is 2. The molecule has 0 bridgehead atoms. The number of rotatable bonds is 8. The molecule has 6 rings (SSSR count). The van der Waals surface area contributed by atoms with Crippen molar-refractivity contribution in [2.24, 2.45) is 4.99 Å². The van der Waals surface area contributed by atoms with E-state index in [-0.39, 0.29) is 28.8 Å². The number of nitrogens with one attached hydrogen (secondary N) is 2. The maximum absolute atomic E-state index is 13.7. The van der Waals surface area contributed by atoms with Crippen LogP contribution in [0.5, 0.6) is 5.75 Å². The van der Waals surface area contributed by atoms with Crippen molar-refractivity contribution in [3.05, 3.63) is 95.0 Å². The number of hydrogen-bond donors (Lipinski definition) is 3. The molecule has 14 nitrogen and oxygen atoms in total. The summed E-state index contributed by atoms with van der Waals surface area (Å²) in [4.78, 5) is 61.5. The third-order valence-electron chi connectivity index (χ3n) is 7.50. The van der Waals surface area contributed by atoms with Gasteiger partial charge in [0.05, 0.1) is 17.7 Å². The number of phenols is 1.